The summed E-state index contributed by atoms with van der Waals surface area (Å²) in [5.41, 5.74) is 1.07. The molecule has 0 saturated heterocycles. The number of benzene rings is 1. The van der Waals surface area contributed by atoms with Crippen LogP contribution in [0.15, 0.2) is 47.0 Å². The van der Waals surface area contributed by atoms with E-state index in [2.05, 4.69) is 5.16 Å². The van der Waals surface area contributed by atoms with E-state index in [0.29, 0.717) is 18.2 Å². The largest absolute Gasteiger partial charge is 0.471 e. The summed E-state index contributed by atoms with van der Waals surface area (Å²) in [6.07, 6.45) is 3.21. The van der Waals surface area contributed by atoms with Crippen molar-refractivity contribution in [2.75, 3.05) is 6.61 Å². The number of aliphatic hydroxyl groups is 1. The van der Waals surface area contributed by atoms with Crippen LogP contribution in [0, 0.1) is 0 Å². The van der Waals surface area contributed by atoms with Crippen LogP contribution in [0.25, 0.3) is 6.08 Å². The van der Waals surface area contributed by atoms with E-state index in [1.165, 1.54) is 0 Å². The molecule has 0 unspecified atom stereocenters. The number of hydrogen-bond donors (Lipinski definition) is 1. The van der Waals surface area contributed by atoms with Gasteiger partial charge in [0.1, 0.15) is 6.61 Å². The van der Waals surface area contributed by atoms with Crippen LogP contribution in [0.3, 0.4) is 0 Å². The number of ether oxygens (including phenoxy) is 1. The third-order valence-corrected chi connectivity index (χ3v) is 2.12. The summed E-state index contributed by atoms with van der Waals surface area (Å²) in [5, 5.41) is 12.4. The summed E-state index contributed by atoms with van der Waals surface area (Å²) in [4.78, 5) is 0. The fourth-order valence-electron chi connectivity index (χ4n) is 1.32. The van der Waals surface area contributed by atoms with Gasteiger partial charge in [0, 0.05) is 24.9 Å². The maximum atomic E-state index is 8.61. The molecule has 0 aliphatic rings. The summed E-state index contributed by atoms with van der Waals surface area (Å²) in [5.74, 6) is 0.994. The molecule has 0 aliphatic heterocycles. The Morgan fingerprint density at radius 3 is 2.78 bits per heavy atom. The van der Waals surface area contributed by atoms with Crippen molar-refractivity contribution in [1.29, 1.82) is 0 Å². The first-order chi connectivity index (χ1) is 8.38. The summed E-state index contributed by atoms with van der Waals surface area (Å²) >= 11 is 0. The van der Waals surface area contributed by atoms with E-state index >= 15 is 0 Å². The average Bonchev–Trinajstić information content (AvgIpc) is 2.83. The van der Waals surface area contributed by atoms with Crippen LogP contribution < -0.4 is 4.74 Å². The molecule has 2 aromatic rings. The fourth-order valence-corrected chi connectivity index (χ4v) is 1.32. The Balaban J connectivity index is 0.00000162. The monoisotopic (exact) mass is 238 g/mol. The van der Waals surface area contributed by atoms with E-state index in [0.717, 1.165) is 5.56 Å². The molecule has 0 atom stereocenters. The number of nitrogens with zero attached hydrogens (tertiary/aromatic N) is 1. The van der Waals surface area contributed by atoms with Crippen molar-refractivity contribution in [1.82, 2.24) is 5.16 Å². The second-order valence-corrected chi connectivity index (χ2v) is 3.43. The molecule has 89 valence electrons. The van der Waals surface area contributed by atoms with Gasteiger partial charge < -0.3 is 14.4 Å². The van der Waals surface area contributed by atoms with Crippen molar-refractivity contribution in [3.05, 3.63) is 53.8 Å². The molecule has 1 aromatic heterocycles. The van der Waals surface area contributed by atoms with Gasteiger partial charge >= 0.3 is 0 Å². The van der Waals surface area contributed by atoms with E-state index in [9.17, 15) is 0 Å². The van der Waals surface area contributed by atoms with Gasteiger partial charge in [-0.05, 0) is 16.8 Å². The van der Waals surface area contributed by atoms with Crippen molar-refractivity contribution in [3.8, 4) is 5.88 Å². The molecule has 0 fully saturated rings. The van der Waals surface area contributed by atoms with Gasteiger partial charge in [-0.25, -0.2) is 0 Å². The first-order valence-electron chi connectivity index (χ1n) is 5.29. The van der Waals surface area contributed by atoms with Gasteiger partial charge in [0.25, 0.3) is 5.88 Å². The van der Waals surface area contributed by atoms with Gasteiger partial charge in [0.15, 0.2) is 5.76 Å². The molecule has 0 saturated carbocycles. The van der Waals surface area contributed by atoms with Crippen LogP contribution in [0.5, 0.6) is 5.88 Å². The topological polar surface area (TPSA) is 55.5 Å². The Kier molecular flexibility index (Phi) is 6.30. The van der Waals surface area contributed by atoms with Gasteiger partial charge in [-0.15, -0.1) is 0 Å². The van der Waals surface area contributed by atoms with Crippen molar-refractivity contribution in [2.45, 2.75) is 6.61 Å². The zero-order chi connectivity index (χ0) is 11.9. The average molecular weight is 238 g/mol. The maximum absolute atomic E-state index is 8.61. The third-order valence-electron chi connectivity index (χ3n) is 2.12. The second-order valence-electron chi connectivity index (χ2n) is 3.43. The molecule has 1 radical (unpaired) electrons. The number of hydrogen-bond acceptors (Lipinski definition) is 4. The predicted molar refractivity (Wildman–Crippen MR) is 69.2 cm³/mol. The predicted octanol–water partition coefficient (Wildman–Crippen LogP) is 1.88. The first kappa shape index (κ1) is 14.6. The molecule has 1 N–H and O–H groups in total. The van der Waals surface area contributed by atoms with Crippen molar-refractivity contribution < 1.29 is 14.4 Å². The SMILES string of the molecule is OC/C=C/c1cc(OCc2ccccc2)no1.[Li]. The third kappa shape index (κ3) is 4.42. The minimum atomic E-state index is -0.0269. The Morgan fingerprint density at radius 2 is 2.06 bits per heavy atom. The fraction of sp³-hybridized carbons (Fsp3) is 0.154. The molecule has 1 aromatic carbocycles. The van der Waals surface area contributed by atoms with Gasteiger partial charge in [-0.2, -0.15) is 0 Å². The Bertz CT molecular complexity index is 482. The van der Waals surface area contributed by atoms with Crippen molar-refractivity contribution in [2.24, 2.45) is 0 Å². The van der Waals surface area contributed by atoms with Crippen LogP contribution >= 0.6 is 0 Å². The standard InChI is InChI=1S/C13H13NO3.Li/c15-8-4-7-12-9-13(14-17-12)16-10-11-5-2-1-3-6-11;/h1-7,9,15H,8,10H2;/b7-4+;. The van der Waals surface area contributed by atoms with Gasteiger partial charge in [0.2, 0.25) is 0 Å². The van der Waals surface area contributed by atoms with Crippen LogP contribution in [0.1, 0.15) is 11.3 Å². The molecule has 5 heteroatoms. The Morgan fingerprint density at radius 1 is 1.28 bits per heavy atom. The van der Waals surface area contributed by atoms with Crippen molar-refractivity contribution in [3.63, 3.8) is 0 Å². The van der Waals surface area contributed by atoms with Gasteiger partial charge in [0.05, 0.1) is 6.61 Å². The van der Waals surface area contributed by atoms with Crippen LogP contribution in [-0.4, -0.2) is 35.7 Å². The van der Waals surface area contributed by atoms with Crippen LogP contribution in [0.4, 0.5) is 0 Å². The number of rotatable bonds is 5. The van der Waals surface area contributed by atoms with Crippen molar-refractivity contribution >= 4 is 24.9 Å². The number of aliphatic hydroxyl groups excluding tert-OH is 1. The molecule has 2 rings (SSSR count). The van der Waals surface area contributed by atoms with Gasteiger partial charge in [-0.1, -0.05) is 36.4 Å². The van der Waals surface area contributed by atoms with Crippen LogP contribution in [0.2, 0.25) is 0 Å². The maximum Gasteiger partial charge on any atom is 0.255 e. The van der Waals surface area contributed by atoms with E-state index in [4.69, 9.17) is 14.4 Å². The molecular weight excluding hydrogens is 225 g/mol. The molecule has 0 aliphatic carbocycles. The molecule has 4 nitrogen and oxygen atoms in total. The molecule has 0 bridgehead atoms. The minimum Gasteiger partial charge on any atom is -0.471 e. The molecule has 0 amide bonds. The second kappa shape index (κ2) is 7.78. The summed E-state index contributed by atoms with van der Waals surface area (Å²) in [6, 6.07) is 11.5. The number of aromatic nitrogens is 1. The Labute approximate surface area is 117 Å². The molecule has 18 heavy (non-hydrogen) atoms. The zero-order valence-corrected chi connectivity index (χ0v) is 10.2. The smallest absolute Gasteiger partial charge is 0.255 e. The first-order valence-corrected chi connectivity index (χ1v) is 5.29. The normalized spacial score (nSPS) is 10.3. The van der Waals surface area contributed by atoms with E-state index in [-0.39, 0.29) is 25.5 Å². The molecular formula is C13H13LiNO3. The summed E-state index contributed by atoms with van der Waals surface area (Å²) in [7, 11) is 0. The molecule has 0 spiro atoms. The van der Waals surface area contributed by atoms with E-state index in [1.54, 1.807) is 18.2 Å². The zero-order valence-electron chi connectivity index (χ0n) is 10.2. The Hall–Kier alpha value is -1.47. The quantitative estimate of drug-likeness (QED) is 0.808. The van der Waals surface area contributed by atoms with E-state index < -0.39 is 0 Å². The van der Waals surface area contributed by atoms with Crippen LogP contribution in [-0.2, 0) is 6.61 Å². The molecule has 1 heterocycles. The summed E-state index contributed by atoms with van der Waals surface area (Å²) < 4.78 is 10.4. The minimum absolute atomic E-state index is 0. The van der Waals surface area contributed by atoms with Gasteiger partial charge in [-0.3, -0.25) is 0 Å². The summed E-state index contributed by atoms with van der Waals surface area (Å²) in [6.45, 7) is 0.428. The van der Waals surface area contributed by atoms with E-state index in [1.807, 2.05) is 30.3 Å².